The number of hydrogen-bond donors (Lipinski definition) is 1. The van der Waals surface area contributed by atoms with Crippen LogP contribution in [0.15, 0.2) is 48.5 Å². The van der Waals surface area contributed by atoms with Crippen molar-refractivity contribution in [1.82, 2.24) is 5.32 Å². The van der Waals surface area contributed by atoms with Crippen LogP contribution in [0, 0.1) is 0 Å². The summed E-state index contributed by atoms with van der Waals surface area (Å²) in [5, 5.41) is 2.68. The molecule has 154 valence electrons. The Bertz CT molecular complexity index is 860. The van der Waals surface area contributed by atoms with Crippen molar-refractivity contribution in [2.24, 2.45) is 0 Å². The molecule has 0 fully saturated rings. The van der Waals surface area contributed by atoms with E-state index in [4.69, 9.17) is 18.9 Å². The molecule has 0 saturated heterocycles. The van der Waals surface area contributed by atoms with Crippen LogP contribution >= 0.6 is 0 Å². The minimum atomic E-state index is -0.842. The summed E-state index contributed by atoms with van der Waals surface area (Å²) >= 11 is 0. The van der Waals surface area contributed by atoms with E-state index in [1.165, 1.54) is 20.3 Å². The second-order valence-corrected chi connectivity index (χ2v) is 6.08. The lowest BCUT2D eigenvalue weighted by molar-refractivity contribution is -0.144. The molecule has 29 heavy (non-hydrogen) atoms. The third-order valence-electron chi connectivity index (χ3n) is 4.23. The molecule has 0 heterocycles. The third kappa shape index (κ3) is 6.27. The van der Waals surface area contributed by atoms with Gasteiger partial charge in [0.15, 0.2) is 11.5 Å². The number of nitrogens with one attached hydrogen (secondary N) is 1. The highest BCUT2D eigenvalue weighted by molar-refractivity contribution is 5.94. The van der Waals surface area contributed by atoms with Gasteiger partial charge in [0.05, 0.1) is 28.4 Å². The summed E-state index contributed by atoms with van der Waals surface area (Å²) in [5.41, 5.74) is 1.62. The van der Waals surface area contributed by atoms with Gasteiger partial charge in [-0.3, -0.25) is 4.79 Å². The Morgan fingerprint density at radius 3 is 2.21 bits per heavy atom. The molecule has 2 aromatic rings. The van der Waals surface area contributed by atoms with E-state index in [0.717, 1.165) is 16.9 Å². The molecule has 0 unspecified atom stereocenters. The van der Waals surface area contributed by atoms with Crippen molar-refractivity contribution in [3.8, 4) is 17.2 Å². The molecule has 0 aliphatic heterocycles. The van der Waals surface area contributed by atoms with Gasteiger partial charge in [-0.15, -0.1) is 0 Å². The predicted molar refractivity (Wildman–Crippen MR) is 109 cm³/mol. The summed E-state index contributed by atoms with van der Waals surface area (Å²) in [6.07, 6.45) is 3.26. The summed E-state index contributed by atoms with van der Waals surface area (Å²) in [6, 6.07) is 11.7. The fourth-order valence-corrected chi connectivity index (χ4v) is 2.69. The van der Waals surface area contributed by atoms with E-state index >= 15 is 0 Å². The number of carbonyl (C=O) groups excluding carboxylic acids is 2. The lowest BCUT2D eigenvalue weighted by Gasteiger charge is -2.16. The Morgan fingerprint density at radius 1 is 0.931 bits per heavy atom. The molecular formula is C22H25NO6. The molecule has 0 aliphatic carbocycles. The summed E-state index contributed by atoms with van der Waals surface area (Å²) in [4.78, 5) is 24.5. The summed E-state index contributed by atoms with van der Waals surface area (Å²) in [6.45, 7) is 0. The Kier molecular flexibility index (Phi) is 8.09. The van der Waals surface area contributed by atoms with E-state index in [0.29, 0.717) is 11.5 Å². The van der Waals surface area contributed by atoms with Gasteiger partial charge in [-0.1, -0.05) is 18.2 Å². The zero-order chi connectivity index (χ0) is 21.2. The fraction of sp³-hybridized carbons (Fsp3) is 0.273. The summed E-state index contributed by atoms with van der Waals surface area (Å²) < 4.78 is 20.4. The highest BCUT2D eigenvalue weighted by atomic mass is 16.5. The molecule has 1 atom stereocenters. The fourth-order valence-electron chi connectivity index (χ4n) is 2.69. The van der Waals surface area contributed by atoms with E-state index in [1.54, 1.807) is 50.6 Å². The highest BCUT2D eigenvalue weighted by Crippen LogP contribution is 2.28. The van der Waals surface area contributed by atoms with E-state index < -0.39 is 17.9 Å². The van der Waals surface area contributed by atoms with Gasteiger partial charge in [0.2, 0.25) is 5.91 Å². The topological polar surface area (TPSA) is 83.1 Å². The minimum Gasteiger partial charge on any atom is -0.497 e. The standard InChI is InChI=1S/C22H25NO6/c1-26-17-9-5-15(6-10-17)8-12-21(24)23-18(22(25)29-4)13-16-7-11-19(27-2)20(14-16)28-3/h5-12,14,18H,13H2,1-4H3,(H,23,24)/t18-/m0/s1. The van der Waals surface area contributed by atoms with Crippen LogP contribution in [0.25, 0.3) is 6.08 Å². The molecule has 1 N–H and O–H groups in total. The summed E-state index contributed by atoms with van der Waals surface area (Å²) in [7, 11) is 5.95. The number of ether oxygens (including phenoxy) is 4. The van der Waals surface area contributed by atoms with Crippen LogP contribution in [-0.2, 0) is 20.7 Å². The quantitative estimate of drug-likeness (QED) is 0.516. The molecule has 0 radical (unpaired) electrons. The molecule has 2 aromatic carbocycles. The first-order valence-corrected chi connectivity index (χ1v) is 8.92. The monoisotopic (exact) mass is 399 g/mol. The van der Waals surface area contributed by atoms with Crippen LogP contribution in [0.1, 0.15) is 11.1 Å². The van der Waals surface area contributed by atoms with Gasteiger partial charge in [0.25, 0.3) is 0 Å². The molecule has 0 saturated carbocycles. The zero-order valence-corrected chi connectivity index (χ0v) is 16.9. The van der Waals surface area contributed by atoms with Crippen molar-refractivity contribution < 1.29 is 28.5 Å². The SMILES string of the molecule is COC(=O)[C@H](Cc1ccc(OC)c(OC)c1)NC(=O)C=Cc1ccc(OC)cc1. The number of amides is 1. The maximum Gasteiger partial charge on any atom is 0.328 e. The molecule has 7 nitrogen and oxygen atoms in total. The molecule has 1 amide bonds. The maximum atomic E-state index is 12.3. The van der Waals surface area contributed by atoms with E-state index in [2.05, 4.69) is 5.32 Å². The number of benzene rings is 2. The second-order valence-electron chi connectivity index (χ2n) is 6.08. The predicted octanol–water partition coefficient (Wildman–Crippen LogP) is 2.63. The normalized spacial score (nSPS) is 11.6. The van der Waals surface area contributed by atoms with Crippen LogP contribution in [0.5, 0.6) is 17.2 Å². The molecule has 0 aromatic heterocycles. The van der Waals surface area contributed by atoms with Crippen LogP contribution in [-0.4, -0.2) is 46.4 Å². The number of carbonyl (C=O) groups is 2. The van der Waals surface area contributed by atoms with Gasteiger partial charge in [0.1, 0.15) is 11.8 Å². The van der Waals surface area contributed by atoms with Crippen molar-refractivity contribution in [1.29, 1.82) is 0 Å². The van der Waals surface area contributed by atoms with E-state index in [-0.39, 0.29) is 6.42 Å². The van der Waals surface area contributed by atoms with E-state index in [1.807, 2.05) is 12.1 Å². The van der Waals surface area contributed by atoms with Gasteiger partial charge >= 0.3 is 5.97 Å². The first-order chi connectivity index (χ1) is 14.0. The molecule has 7 heteroatoms. The van der Waals surface area contributed by atoms with E-state index in [9.17, 15) is 9.59 Å². The first-order valence-electron chi connectivity index (χ1n) is 8.92. The Hall–Kier alpha value is -3.48. The van der Waals surface area contributed by atoms with Gasteiger partial charge in [0, 0.05) is 12.5 Å². The Morgan fingerprint density at radius 2 is 1.62 bits per heavy atom. The van der Waals surface area contributed by atoms with Gasteiger partial charge in [-0.05, 0) is 41.5 Å². The number of rotatable bonds is 9. The molecular weight excluding hydrogens is 374 g/mol. The van der Waals surface area contributed by atoms with Crippen molar-refractivity contribution in [2.45, 2.75) is 12.5 Å². The van der Waals surface area contributed by atoms with Crippen molar-refractivity contribution >= 4 is 18.0 Å². The molecule has 0 bridgehead atoms. The number of esters is 1. The molecule has 2 rings (SSSR count). The van der Waals surface area contributed by atoms with Crippen molar-refractivity contribution in [3.05, 3.63) is 59.7 Å². The van der Waals surface area contributed by atoms with Gasteiger partial charge in [-0.25, -0.2) is 4.79 Å². The number of hydrogen-bond acceptors (Lipinski definition) is 6. The third-order valence-corrected chi connectivity index (χ3v) is 4.23. The summed E-state index contributed by atoms with van der Waals surface area (Å²) in [5.74, 6) is 0.909. The minimum absolute atomic E-state index is 0.245. The lowest BCUT2D eigenvalue weighted by Crippen LogP contribution is -2.42. The van der Waals surface area contributed by atoms with Crippen LogP contribution in [0.3, 0.4) is 0 Å². The molecule has 0 aliphatic rings. The number of methoxy groups -OCH3 is 4. The smallest absolute Gasteiger partial charge is 0.328 e. The zero-order valence-electron chi connectivity index (χ0n) is 16.9. The Balaban J connectivity index is 2.08. The largest absolute Gasteiger partial charge is 0.497 e. The molecule has 0 spiro atoms. The lowest BCUT2D eigenvalue weighted by atomic mass is 10.0. The highest BCUT2D eigenvalue weighted by Gasteiger charge is 2.21. The maximum absolute atomic E-state index is 12.3. The van der Waals surface area contributed by atoms with Crippen LogP contribution in [0.4, 0.5) is 0 Å². The second kappa shape index (κ2) is 10.8. The van der Waals surface area contributed by atoms with Crippen molar-refractivity contribution in [2.75, 3.05) is 28.4 Å². The van der Waals surface area contributed by atoms with Crippen LogP contribution < -0.4 is 19.5 Å². The van der Waals surface area contributed by atoms with Gasteiger partial charge < -0.3 is 24.3 Å². The average molecular weight is 399 g/mol. The Labute approximate surface area is 170 Å². The van der Waals surface area contributed by atoms with Crippen molar-refractivity contribution in [3.63, 3.8) is 0 Å². The first kappa shape index (κ1) is 21.8. The van der Waals surface area contributed by atoms with Gasteiger partial charge in [-0.2, -0.15) is 0 Å². The average Bonchev–Trinajstić information content (AvgIpc) is 2.76. The van der Waals surface area contributed by atoms with Crippen LogP contribution in [0.2, 0.25) is 0 Å².